The van der Waals surface area contributed by atoms with E-state index in [9.17, 15) is 4.79 Å². The molecule has 0 saturated carbocycles. The van der Waals surface area contributed by atoms with E-state index >= 15 is 0 Å². The molecule has 0 saturated heterocycles. The Bertz CT molecular complexity index is 639. The van der Waals surface area contributed by atoms with Crippen molar-refractivity contribution in [2.45, 2.75) is 19.8 Å². The molecule has 0 aliphatic carbocycles. The number of carbonyl (C=O) groups is 1. The van der Waals surface area contributed by atoms with Crippen LogP contribution in [0.4, 0.5) is 0 Å². The number of hydrazone groups is 1. The summed E-state index contributed by atoms with van der Waals surface area (Å²) in [7, 11) is 1.70. The maximum atomic E-state index is 12.0. The van der Waals surface area contributed by atoms with E-state index in [0.717, 1.165) is 5.56 Å². The summed E-state index contributed by atoms with van der Waals surface area (Å²) in [5, 5.41) is 7.95. The first kappa shape index (κ1) is 15.4. The number of hydrogen-bond donors (Lipinski definition) is 1. The highest BCUT2D eigenvalue weighted by atomic mass is 79.9. The van der Waals surface area contributed by atoms with Gasteiger partial charge in [0.15, 0.2) is 0 Å². The van der Waals surface area contributed by atoms with Crippen molar-refractivity contribution in [1.82, 2.24) is 15.2 Å². The summed E-state index contributed by atoms with van der Waals surface area (Å²) in [6.45, 7) is 4.30. The Hall–Kier alpha value is -1.95. The Balaban J connectivity index is 2.01. The molecule has 21 heavy (non-hydrogen) atoms. The molecule has 0 spiro atoms. The first-order valence-corrected chi connectivity index (χ1v) is 7.39. The average Bonchev–Trinajstić information content (AvgIpc) is 2.78. The zero-order chi connectivity index (χ0) is 15.4. The normalized spacial score (nSPS) is 11.3. The molecule has 1 aromatic heterocycles. The van der Waals surface area contributed by atoms with Crippen LogP contribution < -0.4 is 5.43 Å². The van der Waals surface area contributed by atoms with E-state index in [2.05, 4.69) is 57.5 Å². The van der Waals surface area contributed by atoms with E-state index in [1.807, 2.05) is 12.1 Å². The van der Waals surface area contributed by atoms with Gasteiger partial charge in [-0.1, -0.05) is 38.1 Å². The summed E-state index contributed by atoms with van der Waals surface area (Å²) in [6.07, 6.45) is 3.19. The molecule has 2 rings (SSSR count). The first-order valence-electron chi connectivity index (χ1n) is 6.60. The van der Waals surface area contributed by atoms with Crippen LogP contribution in [0.5, 0.6) is 0 Å². The molecule has 1 aromatic carbocycles. The molecule has 0 fully saturated rings. The molecule has 6 heteroatoms. The van der Waals surface area contributed by atoms with E-state index in [-0.39, 0.29) is 5.91 Å². The maximum Gasteiger partial charge on any atom is 0.290 e. The molecule has 110 valence electrons. The summed E-state index contributed by atoms with van der Waals surface area (Å²) < 4.78 is 2.13. The van der Waals surface area contributed by atoms with Gasteiger partial charge < -0.3 is 0 Å². The van der Waals surface area contributed by atoms with Gasteiger partial charge in [0.2, 0.25) is 0 Å². The number of aromatic nitrogens is 2. The van der Waals surface area contributed by atoms with Gasteiger partial charge in [-0.2, -0.15) is 10.2 Å². The molecule has 0 radical (unpaired) electrons. The highest BCUT2D eigenvalue weighted by Crippen LogP contribution is 2.15. The van der Waals surface area contributed by atoms with Gasteiger partial charge in [0.05, 0.1) is 16.9 Å². The van der Waals surface area contributed by atoms with E-state index in [1.54, 1.807) is 19.5 Å². The minimum atomic E-state index is -0.308. The monoisotopic (exact) mass is 348 g/mol. The predicted molar refractivity (Wildman–Crippen MR) is 86.5 cm³/mol. The molecule has 0 aliphatic rings. The molecular weight excluding hydrogens is 332 g/mol. The Labute approximate surface area is 132 Å². The fourth-order valence-corrected chi connectivity index (χ4v) is 2.38. The molecule has 1 N–H and O–H groups in total. The molecule has 1 heterocycles. The molecular formula is C15H17BrN4O. The minimum absolute atomic E-state index is 0.308. The van der Waals surface area contributed by atoms with Crippen LogP contribution in [0.15, 0.2) is 40.0 Å². The van der Waals surface area contributed by atoms with Gasteiger partial charge in [-0.3, -0.25) is 9.48 Å². The molecule has 2 aromatic rings. The number of amides is 1. The minimum Gasteiger partial charge on any atom is -0.266 e. The summed E-state index contributed by atoms with van der Waals surface area (Å²) in [6, 6.07) is 8.08. The van der Waals surface area contributed by atoms with E-state index < -0.39 is 0 Å². The number of halogens is 1. The Morgan fingerprint density at radius 1 is 1.38 bits per heavy atom. The van der Waals surface area contributed by atoms with Crippen molar-refractivity contribution in [1.29, 1.82) is 0 Å². The fourth-order valence-electron chi connectivity index (χ4n) is 1.85. The molecule has 0 atom stereocenters. The first-order chi connectivity index (χ1) is 9.99. The Morgan fingerprint density at radius 2 is 2.05 bits per heavy atom. The van der Waals surface area contributed by atoms with Gasteiger partial charge >= 0.3 is 0 Å². The lowest BCUT2D eigenvalue weighted by Crippen LogP contribution is -2.21. The van der Waals surface area contributed by atoms with E-state index in [0.29, 0.717) is 16.1 Å². The van der Waals surface area contributed by atoms with Crippen molar-refractivity contribution in [3.8, 4) is 0 Å². The number of nitrogens with one attached hydrogen (secondary N) is 1. The van der Waals surface area contributed by atoms with E-state index in [1.165, 1.54) is 10.2 Å². The lowest BCUT2D eigenvalue weighted by Gasteiger charge is -2.04. The second kappa shape index (κ2) is 6.67. The third-order valence-corrected chi connectivity index (χ3v) is 3.67. The van der Waals surface area contributed by atoms with Gasteiger partial charge in [0.1, 0.15) is 5.69 Å². The van der Waals surface area contributed by atoms with Gasteiger partial charge in [-0.15, -0.1) is 0 Å². The van der Waals surface area contributed by atoms with Crippen LogP contribution in [0.3, 0.4) is 0 Å². The molecule has 0 unspecified atom stereocenters. The number of carbonyl (C=O) groups excluding carboxylic acids is 1. The van der Waals surface area contributed by atoms with Gasteiger partial charge in [0.25, 0.3) is 5.91 Å². The van der Waals surface area contributed by atoms with Crippen LogP contribution in [-0.2, 0) is 7.05 Å². The molecule has 0 aliphatic heterocycles. The van der Waals surface area contributed by atoms with Gasteiger partial charge in [-0.25, -0.2) is 5.43 Å². The summed E-state index contributed by atoms with van der Waals surface area (Å²) in [5.74, 6) is 0.190. The van der Waals surface area contributed by atoms with Crippen LogP contribution in [-0.4, -0.2) is 21.9 Å². The van der Waals surface area contributed by atoms with Crippen LogP contribution in [0.25, 0.3) is 0 Å². The maximum absolute atomic E-state index is 12.0. The molecule has 0 bridgehead atoms. The van der Waals surface area contributed by atoms with Crippen LogP contribution in [0.2, 0.25) is 0 Å². The molecule has 1 amide bonds. The van der Waals surface area contributed by atoms with Crippen LogP contribution in [0, 0.1) is 0 Å². The number of hydrogen-bond acceptors (Lipinski definition) is 3. The Morgan fingerprint density at radius 3 is 2.57 bits per heavy atom. The van der Waals surface area contributed by atoms with E-state index in [4.69, 9.17) is 0 Å². The number of rotatable bonds is 4. The van der Waals surface area contributed by atoms with Crippen LogP contribution >= 0.6 is 15.9 Å². The number of nitrogens with zero attached hydrogens (tertiary/aromatic N) is 3. The molecule has 5 nitrogen and oxygen atoms in total. The summed E-state index contributed by atoms with van der Waals surface area (Å²) in [5.41, 5.74) is 5.13. The lowest BCUT2D eigenvalue weighted by atomic mass is 10.0. The standard InChI is InChI=1S/C15H17BrN4O/c1-10(2)12-6-4-11(5-7-12)8-17-19-15(21)14-13(16)9-18-20(14)3/h4-10H,1-3H3,(H,19,21). The second-order valence-electron chi connectivity index (χ2n) is 4.99. The number of benzene rings is 1. The summed E-state index contributed by atoms with van der Waals surface area (Å²) >= 11 is 3.28. The number of aryl methyl sites for hydroxylation is 1. The average molecular weight is 349 g/mol. The third-order valence-electron chi connectivity index (χ3n) is 3.09. The smallest absolute Gasteiger partial charge is 0.266 e. The largest absolute Gasteiger partial charge is 0.290 e. The highest BCUT2D eigenvalue weighted by molar-refractivity contribution is 9.10. The third kappa shape index (κ3) is 3.78. The van der Waals surface area contributed by atoms with Crippen molar-refractivity contribution < 1.29 is 4.79 Å². The predicted octanol–water partition coefficient (Wildman–Crippen LogP) is 3.07. The lowest BCUT2D eigenvalue weighted by molar-refractivity contribution is 0.0945. The van der Waals surface area contributed by atoms with Crippen molar-refractivity contribution in [2.75, 3.05) is 0 Å². The van der Waals surface area contributed by atoms with Crippen molar-refractivity contribution in [2.24, 2.45) is 12.1 Å². The topological polar surface area (TPSA) is 59.3 Å². The fraction of sp³-hybridized carbons (Fsp3) is 0.267. The second-order valence-corrected chi connectivity index (χ2v) is 5.84. The zero-order valence-electron chi connectivity index (χ0n) is 12.2. The van der Waals surface area contributed by atoms with Gasteiger partial charge in [-0.05, 0) is 33.0 Å². The van der Waals surface area contributed by atoms with Crippen LogP contribution in [0.1, 0.15) is 41.4 Å². The highest BCUT2D eigenvalue weighted by Gasteiger charge is 2.14. The van der Waals surface area contributed by atoms with Crippen molar-refractivity contribution in [3.63, 3.8) is 0 Å². The Kier molecular flexibility index (Phi) is 4.90. The van der Waals surface area contributed by atoms with Crippen molar-refractivity contribution in [3.05, 3.63) is 51.8 Å². The van der Waals surface area contributed by atoms with Gasteiger partial charge in [0, 0.05) is 7.05 Å². The summed E-state index contributed by atoms with van der Waals surface area (Å²) in [4.78, 5) is 12.0. The SMILES string of the molecule is CC(C)c1ccc(C=NNC(=O)c2c(Br)cnn2C)cc1. The quantitative estimate of drug-likeness (QED) is 0.681. The zero-order valence-corrected chi connectivity index (χ0v) is 13.8. The van der Waals surface area contributed by atoms with Crippen molar-refractivity contribution >= 4 is 28.1 Å².